The number of hydrogen-bond donors (Lipinski definition) is 1. The van der Waals surface area contributed by atoms with Crippen LogP contribution in [0.15, 0.2) is 18.3 Å². The Morgan fingerprint density at radius 1 is 1.35 bits per heavy atom. The van der Waals surface area contributed by atoms with Crippen LogP contribution in [0.25, 0.3) is 0 Å². The van der Waals surface area contributed by atoms with Crippen LogP contribution >= 0.6 is 33.9 Å². The van der Waals surface area contributed by atoms with Crippen LogP contribution in [0.2, 0.25) is 0 Å². The minimum atomic E-state index is -0.191. The van der Waals surface area contributed by atoms with Crippen molar-refractivity contribution in [2.75, 3.05) is 12.4 Å². The topological polar surface area (TPSA) is 68.3 Å². The van der Waals surface area contributed by atoms with Crippen LogP contribution in [0.5, 0.6) is 5.75 Å². The third-order valence-electron chi connectivity index (χ3n) is 8.69. The van der Waals surface area contributed by atoms with Crippen molar-refractivity contribution in [2.45, 2.75) is 71.1 Å². The van der Waals surface area contributed by atoms with E-state index in [1.807, 2.05) is 6.92 Å². The van der Waals surface area contributed by atoms with Crippen molar-refractivity contribution in [1.82, 2.24) is 4.98 Å². The normalized spacial score (nSPS) is 29.8. The van der Waals surface area contributed by atoms with E-state index in [9.17, 15) is 9.59 Å². The van der Waals surface area contributed by atoms with Crippen LogP contribution in [0.4, 0.5) is 5.13 Å². The minimum Gasteiger partial charge on any atom is -0.496 e. The molecule has 182 valence electrons. The number of ketones is 1. The van der Waals surface area contributed by atoms with Crippen LogP contribution in [-0.2, 0) is 16.0 Å². The molecule has 0 radical (unpaired) electrons. The lowest BCUT2D eigenvalue weighted by Crippen LogP contribution is -2.44. The Morgan fingerprint density at radius 2 is 2.18 bits per heavy atom. The van der Waals surface area contributed by atoms with Gasteiger partial charge in [-0.05, 0) is 115 Å². The quantitative estimate of drug-likeness (QED) is 0.388. The highest BCUT2D eigenvalue weighted by Gasteiger charge is 2.58. The van der Waals surface area contributed by atoms with E-state index in [0.29, 0.717) is 47.4 Å². The van der Waals surface area contributed by atoms with Gasteiger partial charge < -0.3 is 10.1 Å². The lowest BCUT2D eigenvalue weighted by Gasteiger charge is -2.50. The molecule has 0 aliphatic heterocycles. The van der Waals surface area contributed by atoms with Crippen LogP contribution in [0, 0.1) is 33.7 Å². The molecule has 0 bridgehead atoms. The van der Waals surface area contributed by atoms with E-state index >= 15 is 0 Å². The van der Waals surface area contributed by atoms with Gasteiger partial charge in [0.25, 0.3) is 0 Å². The zero-order chi connectivity index (χ0) is 24.0. The molecule has 3 aliphatic rings. The van der Waals surface area contributed by atoms with Gasteiger partial charge in [0.15, 0.2) is 5.13 Å². The predicted molar refractivity (Wildman–Crippen MR) is 144 cm³/mol. The summed E-state index contributed by atoms with van der Waals surface area (Å²) in [6, 6.07) is 4.58. The Balaban J connectivity index is 1.29. The smallest absolute Gasteiger partial charge is 0.226 e. The lowest BCUT2D eigenvalue weighted by molar-refractivity contribution is -0.129. The van der Waals surface area contributed by atoms with Gasteiger partial charge in [-0.3, -0.25) is 9.59 Å². The highest BCUT2D eigenvalue weighted by atomic mass is 127. The van der Waals surface area contributed by atoms with E-state index in [1.165, 1.54) is 26.0 Å². The number of rotatable bonds is 6. The number of benzene rings is 1. The summed E-state index contributed by atoms with van der Waals surface area (Å²) >= 11 is 3.89. The molecule has 3 unspecified atom stereocenters. The van der Waals surface area contributed by atoms with Crippen LogP contribution in [-0.4, -0.2) is 23.8 Å². The SMILES string of the molecule is COc1cc2c(cc1I)C1CC[C@]3(C)C(=O)C[C@@H](CCCC(=O)Nc4ncc(C)s4)C3C1CC2. The molecule has 1 aromatic heterocycles. The third-order valence-corrected chi connectivity index (χ3v) is 10.4. The van der Waals surface area contributed by atoms with Gasteiger partial charge in [0, 0.05) is 29.3 Å². The van der Waals surface area contributed by atoms with Gasteiger partial charge in [0.05, 0.1) is 10.7 Å². The van der Waals surface area contributed by atoms with Crippen molar-refractivity contribution in [2.24, 2.45) is 23.2 Å². The molecule has 2 aromatic rings. The summed E-state index contributed by atoms with van der Waals surface area (Å²) in [5, 5.41) is 3.60. The minimum absolute atomic E-state index is 0.0260. The first kappa shape index (κ1) is 24.2. The van der Waals surface area contributed by atoms with E-state index in [1.54, 1.807) is 13.3 Å². The van der Waals surface area contributed by atoms with E-state index < -0.39 is 0 Å². The van der Waals surface area contributed by atoms with Gasteiger partial charge in [-0.15, -0.1) is 11.3 Å². The highest BCUT2D eigenvalue weighted by molar-refractivity contribution is 14.1. The first-order valence-corrected chi connectivity index (χ1v) is 14.3. The fourth-order valence-corrected chi connectivity index (χ4v) is 8.56. The van der Waals surface area contributed by atoms with E-state index in [-0.39, 0.29) is 11.3 Å². The maximum atomic E-state index is 13.2. The summed E-state index contributed by atoms with van der Waals surface area (Å²) in [5.41, 5.74) is 2.72. The number of amides is 1. The molecule has 3 aliphatic carbocycles. The standard InChI is InChI=1S/C27H33IN2O3S/c1-15-14-29-26(34-15)30-24(32)6-4-5-17-12-23(31)27(2)10-9-18-19(25(17)27)8-7-16-11-22(33-3)21(28)13-20(16)18/h11,13-14,17-19,25H,4-10,12H2,1-3H3,(H,29,30,32)/t17-,18?,19?,25?,27-/m1/s1. The first-order chi connectivity index (χ1) is 16.3. The van der Waals surface area contributed by atoms with E-state index in [0.717, 1.165) is 49.2 Å². The number of thiazole rings is 1. The molecule has 2 saturated carbocycles. The number of Topliss-reactive ketones (excluding diaryl/α,β-unsaturated/α-hetero) is 1. The predicted octanol–water partition coefficient (Wildman–Crippen LogP) is 6.53. The Kier molecular flexibility index (Phi) is 6.79. The number of aromatic nitrogens is 1. The molecule has 5 rings (SSSR count). The molecule has 7 heteroatoms. The molecule has 0 spiro atoms. The molecule has 1 amide bonds. The molecular formula is C27H33IN2O3S. The number of carbonyl (C=O) groups excluding carboxylic acids is 2. The molecular weight excluding hydrogens is 559 g/mol. The molecule has 5 nitrogen and oxygen atoms in total. The number of carbonyl (C=O) groups is 2. The average Bonchev–Trinajstić information content (AvgIpc) is 3.32. The van der Waals surface area contributed by atoms with Gasteiger partial charge in [-0.1, -0.05) is 6.92 Å². The number of aryl methyl sites for hydroxylation is 2. The maximum Gasteiger partial charge on any atom is 0.226 e. The number of anilines is 1. The Labute approximate surface area is 219 Å². The number of fused-ring (bicyclic) bond motifs is 5. The second-order valence-corrected chi connectivity index (χ2v) is 13.0. The third kappa shape index (κ3) is 4.31. The molecule has 5 atom stereocenters. The van der Waals surface area contributed by atoms with Crippen molar-refractivity contribution < 1.29 is 14.3 Å². The number of nitrogens with zero attached hydrogens (tertiary/aromatic N) is 1. The van der Waals surface area contributed by atoms with Gasteiger partial charge in [0.1, 0.15) is 11.5 Å². The highest BCUT2D eigenvalue weighted by Crippen LogP contribution is 2.62. The number of hydrogen-bond acceptors (Lipinski definition) is 5. The first-order valence-electron chi connectivity index (χ1n) is 12.4. The Bertz CT molecular complexity index is 1120. The largest absolute Gasteiger partial charge is 0.496 e. The zero-order valence-corrected chi connectivity index (χ0v) is 23.1. The molecule has 1 N–H and O–H groups in total. The second kappa shape index (κ2) is 9.52. The summed E-state index contributed by atoms with van der Waals surface area (Å²) in [7, 11) is 1.74. The summed E-state index contributed by atoms with van der Waals surface area (Å²) < 4.78 is 6.75. The molecule has 1 aromatic carbocycles. The van der Waals surface area contributed by atoms with E-state index in [4.69, 9.17) is 4.74 Å². The number of halogens is 1. The molecule has 34 heavy (non-hydrogen) atoms. The van der Waals surface area contributed by atoms with Crippen LogP contribution < -0.4 is 10.1 Å². The zero-order valence-electron chi connectivity index (χ0n) is 20.2. The van der Waals surface area contributed by atoms with Gasteiger partial charge in [-0.2, -0.15) is 0 Å². The van der Waals surface area contributed by atoms with Crippen molar-refractivity contribution in [3.8, 4) is 5.75 Å². The van der Waals surface area contributed by atoms with E-state index in [2.05, 4.69) is 51.9 Å². The van der Waals surface area contributed by atoms with Gasteiger partial charge >= 0.3 is 0 Å². The van der Waals surface area contributed by atoms with Gasteiger partial charge in [0.2, 0.25) is 5.91 Å². The van der Waals surface area contributed by atoms with Crippen LogP contribution in [0.3, 0.4) is 0 Å². The number of methoxy groups -OCH3 is 1. The van der Waals surface area contributed by atoms with Crippen LogP contribution in [0.1, 0.15) is 73.8 Å². The van der Waals surface area contributed by atoms with Crippen molar-refractivity contribution in [3.63, 3.8) is 0 Å². The summed E-state index contributed by atoms with van der Waals surface area (Å²) in [4.78, 5) is 31.0. The van der Waals surface area contributed by atoms with Crippen molar-refractivity contribution in [3.05, 3.63) is 37.9 Å². The fraction of sp³-hybridized carbons (Fsp3) is 0.593. The Morgan fingerprint density at radius 3 is 2.91 bits per heavy atom. The monoisotopic (exact) mass is 592 g/mol. The summed E-state index contributed by atoms with van der Waals surface area (Å²) in [6.07, 6.45) is 9.02. The summed E-state index contributed by atoms with van der Waals surface area (Å²) in [6.45, 7) is 4.22. The summed E-state index contributed by atoms with van der Waals surface area (Å²) in [5.74, 6) is 3.36. The fourth-order valence-electron chi connectivity index (χ4n) is 7.17. The number of ether oxygens (including phenoxy) is 1. The number of nitrogens with one attached hydrogen (secondary N) is 1. The Hall–Kier alpha value is -1.48. The maximum absolute atomic E-state index is 13.2. The lowest BCUT2D eigenvalue weighted by atomic mass is 9.54. The van der Waals surface area contributed by atoms with Crippen molar-refractivity contribution >= 4 is 50.7 Å². The van der Waals surface area contributed by atoms with Crippen molar-refractivity contribution in [1.29, 1.82) is 0 Å². The average molecular weight is 593 g/mol. The van der Waals surface area contributed by atoms with Gasteiger partial charge in [-0.25, -0.2) is 4.98 Å². The molecule has 2 fully saturated rings. The second-order valence-electron chi connectivity index (χ2n) is 10.6. The molecule has 1 heterocycles. The molecule has 0 saturated heterocycles.